The molecule has 13 nitrogen and oxygen atoms in total. The van der Waals surface area contributed by atoms with Crippen molar-refractivity contribution in [3.8, 4) is 22.3 Å². The fraction of sp³-hybridized carbons (Fsp3) is 0.356. The Labute approximate surface area is 435 Å². The zero-order chi connectivity index (χ0) is 54.6. The first-order valence-corrected chi connectivity index (χ1v) is 25.1. The molecule has 4 N–H and O–H groups in total. The molecule has 0 bridgehead atoms. The topological polar surface area (TPSA) is 180 Å². The summed E-state index contributed by atoms with van der Waals surface area (Å²) >= 11 is 0. The largest absolute Gasteiger partial charge is 0.481 e. The molecule has 0 aliphatic rings. The van der Waals surface area contributed by atoms with Gasteiger partial charge in [-0.05, 0) is 127 Å². The molecule has 396 valence electrons. The van der Waals surface area contributed by atoms with Crippen molar-refractivity contribution in [2.45, 2.75) is 103 Å². The van der Waals surface area contributed by atoms with Crippen molar-refractivity contribution in [3.63, 3.8) is 0 Å². The predicted octanol–water partition coefficient (Wildman–Crippen LogP) is 10.2. The molecule has 0 saturated heterocycles. The number of likely N-dealkylation sites (N-methyl/N-ethyl adjacent to an activating group) is 1. The Balaban J connectivity index is 1.31. The van der Waals surface area contributed by atoms with Crippen LogP contribution in [0.3, 0.4) is 0 Å². The molecule has 4 aromatic carbocycles. The first kappa shape index (κ1) is 56.7. The number of alkyl halides is 3. The summed E-state index contributed by atoms with van der Waals surface area (Å²) in [6.07, 6.45) is -1.99. The lowest BCUT2D eigenvalue weighted by Crippen LogP contribution is -2.40. The van der Waals surface area contributed by atoms with Crippen molar-refractivity contribution >= 4 is 23.8 Å². The lowest BCUT2D eigenvalue weighted by atomic mass is 9.88. The second kappa shape index (κ2) is 25.6. The van der Waals surface area contributed by atoms with Crippen LogP contribution in [0.15, 0.2) is 143 Å². The Kier molecular flexibility index (Phi) is 19.3. The van der Waals surface area contributed by atoms with E-state index in [4.69, 9.17) is 0 Å². The van der Waals surface area contributed by atoms with Gasteiger partial charge in [0.2, 0.25) is 11.8 Å². The predicted molar refractivity (Wildman–Crippen MR) is 283 cm³/mol. The van der Waals surface area contributed by atoms with Gasteiger partial charge in [0.15, 0.2) is 0 Å². The van der Waals surface area contributed by atoms with Crippen molar-refractivity contribution in [2.24, 2.45) is 11.8 Å². The van der Waals surface area contributed by atoms with Crippen LogP contribution in [0, 0.1) is 18.8 Å². The molecule has 0 spiro atoms. The first-order valence-electron chi connectivity index (χ1n) is 25.1. The van der Waals surface area contributed by atoms with Crippen molar-refractivity contribution in [1.29, 1.82) is 0 Å². The highest BCUT2D eigenvalue weighted by atomic mass is 19.4. The molecule has 6 rings (SSSR count). The molecule has 2 aromatic heterocycles. The van der Waals surface area contributed by atoms with Crippen LogP contribution in [0.2, 0.25) is 0 Å². The summed E-state index contributed by atoms with van der Waals surface area (Å²) in [6.45, 7) is 7.87. The summed E-state index contributed by atoms with van der Waals surface area (Å²) in [5, 5.41) is 25.9. The van der Waals surface area contributed by atoms with Crippen LogP contribution in [0.25, 0.3) is 22.3 Å². The van der Waals surface area contributed by atoms with E-state index in [2.05, 4.69) is 10.6 Å². The van der Waals surface area contributed by atoms with Gasteiger partial charge in [0, 0.05) is 31.1 Å². The zero-order valence-corrected chi connectivity index (χ0v) is 43.1. The smallest absolute Gasteiger partial charge is 0.416 e. The Morgan fingerprint density at radius 2 is 1.20 bits per heavy atom. The van der Waals surface area contributed by atoms with E-state index in [1.54, 1.807) is 55.5 Å². The van der Waals surface area contributed by atoms with Gasteiger partial charge in [-0.25, -0.2) is 0 Å². The molecular formula is C59H66F3N5O8. The van der Waals surface area contributed by atoms with E-state index in [9.17, 15) is 52.2 Å². The van der Waals surface area contributed by atoms with Crippen LogP contribution < -0.4 is 21.8 Å². The van der Waals surface area contributed by atoms with Gasteiger partial charge in [-0.1, -0.05) is 118 Å². The minimum absolute atomic E-state index is 0.00286. The molecule has 1 unspecified atom stereocenters. The molecule has 5 atom stereocenters. The third-order valence-corrected chi connectivity index (χ3v) is 13.4. The van der Waals surface area contributed by atoms with Crippen LogP contribution in [-0.2, 0) is 38.2 Å². The van der Waals surface area contributed by atoms with Crippen molar-refractivity contribution in [1.82, 2.24) is 24.7 Å². The molecule has 0 aliphatic carbocycles. The quantitative estimate of drug-likeness (QED) is 0.0459. The van der Waals surface area contributed by atoms with E-state index < -0.39 is 78.1 Å². The molecule has 0 aliphatic heterocycles. The summed E-state index contributed by atoms with van der Waals surface area (Å²) < 4.78 is 45.8. The molecule has 6 aromatic rings. The van der Waals surface area contributed by atoms with E-state index in [1.165, 1.54) is 10.6 Å². The number of carboxylic acid groups (broad SMARTS) is 2. The van der Waals surface area contributed by atoms with E-state index in [1.807, 2.05) is 107 Å². The molecule has 2 amide bonds. The third-order valence-electron chi connectivity index (χ3n) is 13.4. The maximum Gasteiger partial charge on any atom is 0.416 e. The third kappa shape index (κ3) is 15.5. The highest BCUT2D eigenvalue weighted by Crippen LogP contribution is 2.35. The number of benzene rings is 4. The highest BCUT2D eigenvalue weighted by molar-refractivity contribution is 5.83. The molecule has 0 radical (unpaired) electrons. The maximum atomic E-state index is 14.7. The van der Waals surface area contributed by atoms with Crippen molar-refractivity contribution in [2.75, 3.05) is 20.6 Å². The number of aliphatic carboxylic acids is 2. The Morgan fingerprint density at radius 1 is 0.627 bits per heavy atom. The van der Waals surface area contributed by atoms with Crippen molar-refractivity contribution in [3.05, 3.63) is 188 Å². The van der Waals surface area contributed by atoms with E-state index in [0.717, 1.165) is 44.1 Å². The lowest BCUT2D eigenvalue weighted by molar-refractivity contribution is -0.139. The SMILES string of the molecule is Cc1ccc([C@H](CC(=O)O)NC(=O)[C@H](CC(C)C)n2ccccc2=O)cc1-c1ccccc1CCC(C)C[C@@H](C(=O)N[C@@H](CC(=O)O)c1ccc(-c2ccccc2)cc1)n1cc(CCN(C)C)c(C(F)(F)F)cc1=O. The molecule has 0 saturated carbocycles. The second-order valence-electron chi connectivity index (χ2n) is 20.0. The normalized spacial score (nSPS) is 13.7. The monoisotopic (exact) mass is 1030 g/mol. The number of carboxylic acids is 2. The lowest BCUT2D eigenvalue weighted by Gasteiger charge is -2.27. The minimum Gasteiger partial charge on any atom is -0.481 e. The summed E-state index contributed by atoms with van der Waals surface area (Å²) in [5.41, 5.74) is 3.50. The number of aromatic nitrogens is 2. The minimum atomic E-state index is -4.85. The number of hydrogen-bond acceptors (Lipinski definition) is 7. The molecular weight excluding hydrogens is 964 g/mol. The number of rotatable bonds is 24. The van der Waals surface area contributed by atoms with E-state index in [-0.39, 0.29) is 42.3 Å². The fourth-order valence-electron chi connectivity index (χ4n) is 9.46. The molecule has 0 fully saturated rings. The van der Waals surface area contributed by atoms with E-state index >= 15 is 0 Å². The Bertz CT molecular complexity index is 3060. The van der Waals surface area contributed by atoms with Gasteiger partial charge in [-0.3, -0.25) is 28.8 Å². The van der Waals surface area contributed by atoms with Gasteiger partial charge >= 0.3 is 18.1 Å². The Morgan fingerprint density at radius 3 is 1.80 bits per heavy atom. The number of amides is 2. The van der Waals surface area contributed by atoms with Crippen molar-refractivity contribution < 1.29 is 42.6 Å². The standard InChI is InChI=1S/C59H66F3N5O8/c1-37(2)30-51(66-28-13-12-18-53(66)68)57(74)64-50(35-56(72)73)44-22-20-39(4)47(32-44)46-17-11-10-16-42(46)21-19-38(3)31-52(67-36-45(27-29-65(5)6)48(33-54(67)69)59(60,61)62)58(75)63-49(34-55(70)71)43-25-23-41(24-26-43)40-14-8-7-9-15-40/h7-18,20,22-26,28,32-33,36-38,49-52H,19,21,27,29-31,34-35H2,1-6H3,(H,63,75)(H,64,74)(H,70,71)(H,72,73)/t38?,49-,50-,51-,52-/m0/s1. The number of hydrogen-bond donors (Lipinski definition) is 4. The highest BCUT2D eigenvalue weighted by Gasteiger charge is 2.36. The van der Waals surface area contributed by atoms with Gasteiger partial charge in [0.25, 0.3) is 11.1 Å². The molecule has 16 heteroatoms. The summed E-state index contributed by atoms with van der Waals surface area (Å²) in [5.74, 6) is -3.88. The number of nitrogens with zero attached hydrogens (tertiary/aromatic N) is 3. The van der Waals surface area contributed by atoms with Crippen LogP contribution in [0.5, 0.6) is 0 Å². The number of aryl methyl sites for hydroxylation is 2. The summed E-state index contributed by atoms with van der Waals surface area (Å²) in [7, 11) is 3.42. The van der Waals surface area contributed by atoms with Crippen LogP contribution in [-0.4, -0.2) is 68.6 Å². The van der Waals surface area contributed by atoms with Gasteiger partial charge < -0.3 is 34.9 Å². The summed E-state index contributed by atoms with van der Waals surface area (Å²) in [6, 6.07) is 30.6. The van der Waals surface area contributed by atoms with Crippen LogP contribution >= 0.6 is 0 Å². The number of pyridine rings is 2. The Hall–Kier alpha value is -7.59. The average Bonchev–Trinajstić information content (AvgIpc) is 3.36. The molecule has 2 heterocycles. The number of carbonyl (C=O) groups excluding carboxylic acids is 2. The molecule has 75 heavy (non-hydrogen) atoms. The first-order chi connectivity index (χ1) is 35.6. The average molecular weight is 1030 g/mol. The summed E-state index contributed by atoms with van der Waals surface area (Å²) in [4.78, 5) is 81.8. The van der Waals surface area contributed by atoms with Gasteiger partial charge in [-0.15, -0.1) is 0 Å². The maximum absolute atomic E-state index is 14.7. The number of carbonyl (C=O) groups is 4. The second-order valence-corrected chi connectivity index (χ2v) is 20.0. The number of nitrogens with one attached hydrogen (secondary N) is 2. The van der Waals surface area contributed by atoms with Crippen LogP contribution in [0.1, 0.15) is 110 Å². The zero-order valence-electron chi connectivity index (χ0n) is 43.1. The number of halogens is 3. The van der Waals surface area contributed by atoms with E-state index in [0.29, 0.717) is 36.5 Å². The fourth-order valence-corrected chi connectivity index (χ4v) is 9.46. The van der Waals surface area contributed by atoms with Gasteiger partial charge in [0.1, 0.15) is 12.1 Å². The van der Waals surface area contributed by atoms with Crippen LogP contribution in [0.4, 0.5) is 13.2 Å². The van der Waals surface area contributed by atoms with Gasteiger partial charge in [0.05, 0.1) is 30.5 Å². The van der Waals surface area contributed by atoms with Gasteiger partial charge in [-0.2, -0.15) is 13.2 Å².